The van der Waals surface area contributed by atoms with E-state index < -0.39 is 5.56 Å². The third-order valence-corrected chi connectivity index (χ3v) is 5.76. The monoisotopic (exact) mass is 490 g/mol. The predicted octanol–water partition coefficient (Wildman–Crippen LogP) is 3.62. The Morgan fingerprint density at radius 3 is 2.46 bits per heavy atom. The molecule has 0 unspecified atom stereocenters. The summed E-state index contributed by atoms with van der Waals surface area (Å²) in [5, 5.41) is 6.14. The van der Waals surface area contributed by atoms with Crippen LogP contribution >= 0.6 is 11.6 Å². The molecule has 2 aromatic carbocycles. The van der Waals surface area contributed by atoms with E-state index in [4.69, 9.17) is 11.6 Å². The van der Waals surface area contributed by atoms with Gasteiger partial charge >= 0.3 is 0 Å². The highest BCUT2D eigenvalue weighted by Crippen LogP contribution is 2.26. The topological polar surface area (TPSA) is 93.8 Å². The molecule has 35 heavy (non-hydrogen) atoms. The molecule has 0 spiro atoms. The summed E-state index contributed by atoms with van der Waals surface area (Å²) in [6.07, 6.45) is 6.79. The molecule has 0 bridgehead atoms. The highest BCUT2D eigenvalue weighted by molar-refractivity contribution is 6.32. The van der Waals surface area contributed by atoms with Gasteiger partial charge in [0.25, 0.3) is 5.56 Å². The molecule has 0 aliphatic heterocycles. The molecule has 0 aliphatic carbocycles. The maximum atomic E-state index is 13.4. The van der Waals surface area contributed by atoms with E-state index in [1.54, 1.807) is 12.5 Å². The van der Waals surface area contributed by atoms with E-state index in [-0.39, 0.29) is 23.4 Å². The Bertz CT molecular complexity index is 1290. The first-order valence-electron chi connectivity index (χ1n) is 11.5. The fourth-order valence-corrected chi connectivity index (χ4v) is 4.05. The molecule has 1 amide bonds. The second-order valence-corrected chi connectivity index (χ2v) is 8.38. The van der Waals surface area contributed by atoms with Crippen molar-refractivity contribution >= 4 is 23.3 Å². The highest BCUT2D eigenvalue weighted by Gasteiger charge is 2.19. The predicted molar refractivity (Wildman–Crippen MR) is 137 cm³/mol. The van der Waals surface area contributed by atoms with Crippen LogP contribution in [0, 0.1) is 0 Å². The van der Waals surface area contributed by atoms with Gasteiger partial charge in [-0.3, -0.25) is 14.2 Å². The van der Waals surface area contributed by atoms with Crippen LogP contribution in [0.15, 0.2) is 84.2 Å². The lowest BCUT2D eigenvalue weighted by Crippen LogP contribution is -2.35. The second kappa shape index (κ2) is 12.0. The standard InChI is InChI=1S/C26H27ClN6O2/c27-24-23(21-10-5-2-6-11-21)33(18-22(34)29-13-7-16-32-17-15-28-19-32)26(35)25(31-24)30-14-12-20-8-3-1-4-9-20/h1-6,8-11,15,17,19H,7,12-14,16,18H2,(H,29,34)(H,30,31). The summed E-state index contributed by atoms with van der Waals surface area (Å²) in [4.78, 5) is 34.5. The summed E-state index contributed by atoms with van der Waals surface area (Å²) in [7, 11) is 0. The number of hydrogen-bond donors (Lipinski definition) is 2. The molecule has 0 aliphatic rings. The molecule has 2 N–H and O–H groups in total. The number of hydrogen-bond acceptors (Lipinski definition) is 5. The van der Waals surface area contributed by atoms with E-state index in [1.807, 2.05) is 71.4 Å². The van der Waals surface area contributed by atoms with E-state index in [0.717, 1.165) is 24.9 Å². The zero-order valence-corrected chi connectivity index (χ0v) is 20.0. The van der Waals surface area contributed by atoms with Crippen molar-refractivity contribution in [2.24, 2.45) is 0 Å². The lowest BCUT2D eigenvalue weighted by Gasteiger charge is -2.16. The molecule has 180 valence electrons. The number of rotatable bonds is 11. The number of halogens is 1. The van der Waals surface area contributed by atoms with Crippen molar-refractivity contribution in [2.75, 3.05) is 18.4 Å². The zero-order chi connectivity index (χ0) is 24.5. The van der Waals surface area contributed by atoms with Crippen molar-refractivity contribution in [3.05, 3.63) is 100 Å². The van der Waals surface area contributed by atoms with Gasteiger partial charge in [0.2, 0.25) is 5.91 Å². The van der Waals surface area contributed by atoms with E-state index >= 15 is 0 Å². The Hall–Kier alpha value is -3.91. The maximum Gasteiger partial charge on any atom is 0.294 e. The Morgan fingerprint density at radius 2 is 1.74 bits per heavy atom. The summed E-state index contributed by atoms with van der Waals surface area (Å²) in [5.74, 6) is -0.147. The number of imidazole rings is 1. The van der Waals surface area contributed by atoms with Crippen LogP contribution in [0.4, 0.5) is 5.82 Å². The quantitative estimate of drug-likeness (QED) is 0.313. The smallest absolute Gasteiger partial charge is 0.294 e. The Kier molecular flexibility index (Phi) is 8.30. The number of aromatic nitrogens is 4. The van der Waals surface area contributed by atoms with Gasteiger partial charge in [0.1, 0.15) is 6.54 Å². The summed E-state index contributed by atoms with van der Waals surface area (Å²) in [5.41, 5.74) is 1.88. The molecule has 0 atom stereocenters. The van der Waals surface area contributed by atoms with Gasteiger partial charge in [-0.1, -0.05) is 72.3 Å². The molecule has 0 radical (unpaired) electrons. The lowest BCUT2D eigenvalue weighted by molar-refractivity contribution is -0.121. The number of carbonyl (C=O) groups excluding carboxylic acids is 1. The second-order valence-electron chi connectivity index (χ2n) is 8.02. The number of aryl methyl sites for hydroxylation is 1. The first-order chi connectivity index (χ1) is 17.1. The van der Waals surface area contributed by atoms with Crippen LogP contribution < -0.4 is 16.2 Å². The van der Waals surface area contributed by atoms with Gasteiger partial charge in [-0.15, -0.1) is 0 Å². The zero-order valence-electron chi connectivity index (χ0n) is 19.2. The van der Waals surface area contributed by atoms with Crippen LogP contribution in [0.3, 0.4) is 0 Å². The van der Waals surface area contributed by atoms with E-state index in [0.29, 0.717) is 24.3 Å². The van der Waals surface area contributed by atoms with E-state index in [2.05, 4.69) is 20.6 Å². The molecule has 0 saturated heterocycles. The first-order valence-corrected chi connectivity index (χ1v) is 11.9. The summed E-state index contributed by atoms with van der Waals surface area (Å²) < 4.78 is 3.33. The third kappa shape index (κ3) is 6.58. The molecule has 0 saturated carbocycles. The Labute approximate surface area is 208 Å². The van der Waals surface area contributed by atoms with E-state index in [1.165, 1.54) is 4.57 Å². The van der Waals surface area contributed by atoms with Crippen LogP contribution in [-0.4, -0.2) is 38.1 Å². The lowest BCUT2D eigenvalue weighted by atomic mass is 10.1. The van der Waals surface area contributed by atoms with Gasteiger partial charge in [0.15, 0.2) is 11.0 Å². The highest BCUT2D eigenvalue weighted by atomic mass is 35.5. The number of nitrogens with one attached hydrogen (secondary N) is 2. The average molecular weight is 491 g/mol. The van der Waals surface area contributed by atoms with Crippen LogP contribution in [0.1, 0.15) is 12.0 Å². The largest absolute Gasteiger partial charge is 0.365 e. The molecule has 8 nitrogen and oxygen atoms in total. The van der Waals surface area contributed by atoms with Gasteiger partial charge in [-0.25, -0.2) is 9.97 Å². The minimum absolute atomic E-state index is 0.124. The van der Waals surface area contributed by atoms with Crippen molar-refractivity contribution in [2.45, 2.75) is 25.9 Å². The number of nitrogens with zero attached hydrogens (tertiary/aromatic N) is 4. The SMILES string of the molecule is O=C(Cn1c(-c2ccccc2)c(Cl)nc(NCCc2ccccc2)c1=O)NCCCn1ccnc1. The molecule has 2 aromatic heterocycles. The normalized spacial score (nSPS) is 10.8. The van der Waals surface area contributed by atoms with Crippen molar-refractivity contribution < 1.29 is 4.79 Å². The van der Waals surface area contributed by atoms with Crippen molar-refractivity contribution in [1.29, 1.82) is 0 Å². The van der Waals surface area contributed by atoms with Gasteiger partial charge in [-0.2, -0.15) is 0 Å². The third-order valence-electron chi connectivity index (χ3n) is 5.50. The summed E-state index contributed by atoms with van der Waals surface area (Å²) >= 11 is 6.55. The van der Waals surface area contributed by atoms with Crippen LogP contribution in [0.5, 0.6) is 0 Å². The minimum atomic E-state index is -0.394. The van der Waals surface area contributed by atoms with Crippen LogP contribution in [0.2, 0.25) is 5.15 Å². The molecular weight excluding hydrogens is 464 g/mol. The van der Waals surface area contributed by atoms with Crippen LogP contribution in [-0.2, 0) is 24.3 Å². The molecular formula is C26H27ClN6O2. The van der Waals surface area contributed by atoms with Gasteiger partial charge in [0.05, 0.1) is 12.0 Å². The fraction of sp³-hybridized carbons (Fsp3) is 0.231. The number of benzene rings is 2. The summed E-state index contributed by atoms with van der Waals surface area (Å²) in [6.45, 7) is 1.57. The van der Waals surface area contributed by atoms with Crippen molar-refractivity contribution in [3.8, 4) is 11.3 Å². The van der Waals surface area contributed by atoms with Gasteiger partial charge < -0.3 is 15.2 Å². The minimum Gasteiger partial charge on any atom is -0.365 e. The molecule has 4 rings (SSSR count). The van der Waals surface area contributed by atoms with Crippen LogP contribution in [0.25, 0.3) is 11.3 Å². The Morgan fingerprint density at radius 1 is 1.00 bits per heavy atom. The average Bonchev–Trinajstić information content (AvgIpc) is 3.39. The van der Waals surface area contributed by atoms with Gasteiger partial charge in [0, 0.05) is 37.6 Å². The Balaban J connectivity index is 1.50. The molecule has 2 heterocycles. The summed E-state index contributed by atoms with van der Waals surface area (Å²) in [6, 6.07) is 19.2. The number of carbonyl (C=O) groups is 1. The molecule has 4 aromatic rings. The fourth-order valence-electron chi connectivity index (χ4n) is 3.75. The number of amides is 1. The molecule has 0 fully saturated rings. The van der Waals surface area contributed by atoms with E-state index in [9.17, 15) is 9.59 Å². The van der Waals surface area contributed by atoms with Gasteiger partial charge in [-0.05, 0) is 18.4 Å². The number of anilines is 1. The van der Waals surface area contributed by atoms with Crippen molar-refractivity contribution in [3.63, 3.8) is 0 Å². The van der Waals surface area contributed by atoms with Crippen molar-refractivity contribution in [1.82, 2.24) is 24.4 Å². The molecule has 9 heteroatoms. The maximum absolute atomic E-state index is 13.4. The first kappa shape index (κ1) is 24.2.